The summed E-state index contributed by atoms with van der Waals surface area (Å²) < 4.78 is 0. The number of ketones is 1. The van der Waals surface area contributed by atoms with Gasteiger partial charge in [-0.3, -0.25) is 4.79 Å². The third kappa shape index (κ3) is 3.67. The van der Waals surface area contributed by atoms with Gasteiger partial charge in [0.1, 0.15) is 0 Å². The highest BCUT2D eigenvalue weighted by molar-refractivity contribution is 7.11. The standard InChI is InChI=1S/C18H20OS/c1-14(17-10-7-11-20-17)12-16(19)13-18(2,3)15-8-5-4-6-9-15/h4-12H,13H2,1-3H3/b14-12+. The number of hydrogen-bond acceptors (Lipinski definition) is 2. The molecule has 0 amide bonds. The number of carbonyl (C=O) groups is 1. The molecule has 0 saturated carbocycles. The zero-order valence-electron chi connectivity index (χ0n) is 12.2. The summed E-state index contributed by atoms with van der Waals surface area (Å²) in [6, 6.07) is 14.3. The van der Waals surface area contributed by atoms with E-state index >= 15 is 0 Å². The SMILES string of the molecule is C/C(=C\C(=O)CC(C)(C)c1ccccc1)c1cccs1. The minimum atomic E-state index is -0.134. The molecule has 0 fully saturated rings. The highest BCUT2D eigenvalue weighted by Gasteiger charge is 2.23. The number of benzene rings is 1. The van der Waals surface area contributed by atoms with Crippen molar-refractivity contribution in [3.8, 4) is 0 Å². The third-order valence-corrected chi connectivity index (χ3v) is 4.46. The van der Waals surface area contributed by atoms with Gasteiger partial charge in [0.25, 0.3) is 0 Å². The summed E-state index contributed by atoms with van der Waals surface area (Å²) in [6.07, 6.45) is 2.30. The second-order valence-electron chi connectivity index (χ2n) is 5.70. The Morgan fingerprint density at radius 2 is 1.85 bits per heavy atom. The molecule has 0 aliphatic rings. The smallest absolute Gasteiger partial charge is 0.156 e. The molecule has 1 aromatic carbocycles. The van der Waals surface area contributed by atoms with Crippen molar-refractivity contribution in [3.05, 3.63) is 64.4 Å². The quantitative estimate of drug-likeness (QED) is 0.699. The Hall–Kier alpha value is -1.67. The van der Waals surface area contributed by atoms with Crippen LogP contribution in [0.5, 0.6) is 0 Å². The lowest BCUT2D eigenvalue weighted by Crippen LogP contribution is -2.21. The molecular formula is C18H20OS. The van der Waals surface area contributed by atoms with Crippen molar-refractivity contribution in [1.29, 1.82) is 0 Å². The Morgan fingerprint density at radius 3 is 2.45 bits per heavy atom. The normalized spacial score (nSPS) is 12.4. The number of rotatable bonds is 5. The van der Waals surface area contributed by atoms with E-state index in [-0.39, 0.29) is 11.2 Å². The Morgan fingerprint density at radius 1 is 1.15 bits per heavy atom. The van der Waals surface area contributed by atoms with Gasteiger partial charge in [-0.25, -0.2) is 0 Å². The number of thiophene rings is 1. The van der Waals surface area contributed by atoms with Gasteiger partial charge in [0.15, 0.2) is 5.78 Å². The lowest BCUT2D eigenvalue weighted by molar-refractivity contribution is -0.115. The second kappa shape index (κ2) is 6.19. The third-order valence-electron chi connectivity index (χ3n) is 3.46. The maximum Gasteiger partial charge on any atom is 0.156 e. The lowest BCUT2D eigenvalue weighted by Gasteiger charge is -2.23. The van der Waals surface area contributed by atoms with Crippen molar-refractivity contribution in [1.82, 2.24) is 0 Å². The van der Waals surface area contributed by atoms with Gasteiger partial charge in [-0.05, 0) is 41.0 Å². The summed E-state index contributed by atoms with van der Waals surface area (Å²) in [5, 5.41) is 2.03. The summed E-state index contributed by atoms with van der Waals surface area (Å²) in [5.41, 5.74) is 2.12. The minimum Gasteiger partial charge on any atom is -0.295 e. The van der Waals surface area contributed by atoms with E-state index in [4.69, 9.17) is 0 Å². The van der Waals surface area contributed by atoms with Crippen LogP contribution in [0.25, 0.3) is 5.57 Å². The van der Waals surface area contributed by atoms with E-state index < -0.39 is 0 Å². The Kier molecular flexibility index (Phi) is 4.56. The number of hydrogen-bond donors (Lipinski definition) is 0. The van der Waals surface area contributed by atoms with Crippen LogP contribution < -0.4 is 0 Å². The van der Waals surface area contributed by atoms with Crippen LogP contribution in [0.2, 0.25) is 0 Å². The van der Waals surface area contributed by atoms with Gasteiger partial charge in [0.2, 0.25) is 0 Å². The average molecular weight is 284 g/mol. The van der Waals surface area contributed by atoms with E-state index in [0.29, 0.717) is 6.42 Å². The molecular weight excluding hydrogens is 264 g/mol. The van der Waals surface area contributed by atoms with Crippen LogP contribution >= 0.6 is 11.3 Å². The molecule has 104 valence electrons. The predicted molar refractivity (Wildman–Crippen MR) is 87.1 cm³/mol. The van der Waals surface area contributed by atoms with Crippen LogP contribution in [0, 0.1) is 0 Å². The van der Waals surface area contributed by atoms with Crippen LogP contribution in [-0.2, 0) is 10.2 Å². The molecule has 0 N–H and O–H groups in total. The molecule has 2 heteroatoms. The molecule has 1 aromatic heterocycles. The molecule has 0 atom stereocenters. The predicted octanol–water partition coefficient (Wildman–Crippen LogP) is 5.09. The van der Waals surface area contributed by atoms with E-state index in [2.05, 4.69) is 26.0 Å². The molecule has 20 heavy (non-hydrogen) atoms. The van der Waals surface area contributed by atoms with Gasteiger partial charge < -0.3 is 0 Å². The van der Waals surface area contributed by atoms with E-state index in [1.165, 1.54) is 5.56 Å². The molecule has 0 saturated heterocycles. The molecule has 0 unspecified atom stereocenters. The van der Waals surface area contributed by atoms with Gasteiger partial charge in [-0.2, -0.15) is 0 Å². The zero-order chi connectivity index (χ0) is 14.6. The molecule has 0 radical (unpaired) electrons. The maximum atomic E-state index is 12.3. The molecule has 2 aromatic rings. The van der Waals surface area contributed by atoms with Crippen LogP contribution in [0.1, 0.15) is 37.6 Å². The second-order valence-corrected chi connectivity index (χ2v) is 6.65. The summed E-state index contributed by atoms with van der Waals surface area (Å²) in [5.74, 6) is 0.185. The summed E-state index contributed by atoms with van der Waals surface area (Å²) >= 11 is 1.67. The van der Waals surface area contributed by atoms with Crippen molar-refractivity contribution in [3.63, 3.8) is 0 Å². The highest BCUT2D eigenvalue weighted by atomic mass is 32.1. The largest absolute Gasteiger partial charge is 0.295 e. The first-order valence-corrected chi connectivity index (χ1v) is 7.67. The van der Waals surface area contributed by atoms with Crippen LogP contribution in [-0.4, -0.2) is 5.78 Å². The lowest BCUT2D eigenvalue weighted by atomic mass is 9.80. The van der Waals surface area contributed by atoms with Crippen LogP contribution in [0.15, 0.2) is 53.9 Å². The molecule has 0 aliphatic carbocycles. The molecule has 1 heterocycles. The van der Waals surface area contributed by atoms with Gasteiger partial charge >= 0.3 is 0 Å². The highest BCUT2D eigenvalue weighted by Crippen LogP contribution is 2.28. The van der Waals surface area contributed by atoms with Gasteiger partial charge in [-0.15, -0.1) is 11.3 Å². The van der Waals surface area contributed by atoms with Crippen LogP contribution in [0.3, 0.4) is 0 Å². The van der Waals surface area contributed by atoms with Crippen molar-refractivity contribution >= 4 is 22.7 Å². The molecule has 0 bridgehead atoms. The summed E-state index contributed by atoms with van der Waals surface area (Å²) in [7, 11) is 0. The fraction of sp³-hybridized carbons (Fsp3) is 0.278. The van der Waals surface area contributed by atoms with Gasteiger partial charge in [0, 0.05) is 11.3 Å². The first kappa shape index (κ1) is 14.7. The Bertz CT molecular complexity index is 592. The minimum absolute atomic E-state index is 0.134. The monoisotopic (exact) mass is 284 g/mol. The van der Waals surface area contributed by atoms with E-state index in [0.717, 1.165) is 10.5 Å². The van der Waals surface area contributed by atoms with E-state index in [1.54, 1.807) is 17.4 Å². The van der Waals surface area contributed by atoms with Crippen molar-refractivity contribution in [2.75, 3.05) is 0 Å². The van der Waals surface area contributed by atoms with Crippen molar-refractivity contribution in [2.24, 2.45) is 0 Å². The average Bonchev–Trinajstić information content (AvgIpc) is 2.93. The van der Waals surface area contributed by atoms with Crippen LogP contribution in [0.4, 0.5) is 0 Å². The summed E-state index contributed by atoms with van der Waals surface area (Å²) in [6.45, 7) is 6.24. The van der Waals surface area contributed by atoms with Gasteiger partial charge in [0.05, 0.1) is 0 Å². The Balaban J connectivity index is 2.10. The number of allylic oxidation sites excluding steroid dienone is 2. The number of carbonyl (C=O) groups excluding carboxylic acids is 1. The topological polar surface area (TPSA) is 17.1 Å². The first-order valence-electron chi connectivity index (χ1n) is 6.79. The fourth-order valence-electron chi connectivity index (χ4n) is 2.29. The molecule has 0 aliphatic heterocycles. The zero-order valence-corrected chi connectivity index (χ0v) is 13.0. The Labute approximate surface area is 125 Å². The van der Waals surface area contributed by atoms with Gasteiger partial charge in [-0.1, -0.05) is 50.2 Å². The van der Waals surface area contributed by atoms with Crippen molar-refractivity contribution < 1.29 is 4.79 Å². The first-order chi connectivity index (χ1) is 9.49. The summed E-state index contributed by atoms with van der Waals surface area (Å²) in [4.78, 5) is 13.4. The van der Waals surface area contributed by atoms with Crippen molar-refractivity contribution in [2.45, 2.75) is 32.6 Å². The maximum absolute atomic E-state index is 12.3. The van der Waals surface area contributed by atoms with E-state index in [1.807, 2.05) is 42.6 Å². The molecule has 2 rings (SSSR count). The molecule has 0 spiro atoms. The molecule has 1 nitrogen and oxygen atoms in total. The van der Waals surface area contributed by atoms with E-state index in [9.17, 15) is 4.79 Å². The fourth-order valence-corrected chi connectivity index (χ4v) is 3.00.